The molecule has 1 saturated heterocycles. The first-order valence-corrected chi connectivity index (χ1v) is 6.90. The monoisotopic (exact) mass is 245 g/mol. The van der Waals surface area contributed by atoms with E-state index in [2.05, 4.69) is 29.6 Å². The second kappa shape index (κ2) is 4.98. The van der Waals surface area contributed by atoms with Gasteiger partial charge in [-0.05, 0) is 12.8 Å². The molecule has 3 rings (SSSR count). The lowest BCUT2D eigenvalue weighted by Crippen LogP contribution is -2.15. The summed E-state index contributed by atoms with van der Waals surface area (Å²) in [5.74, 6) is 0.506. The molecule has 0 aliphatic carbocycles. The van der Waals surface area contributed by atoms with Gasteiger partial charge in [-0.1, -0.05) is 30.3 Å². The molecular weight excluding hydrogens is 230 g/mol. The van der Waals surface area contributed by atoms with E-state index >= 15 is 0 Å². The van der Waals surface area contributed by atoms with E-state index in [4.69, 9.17) is 9.72 Å². The fraction of sp³-hybridized carbons (Fsp3) is 0.357. The number of hydrogen-bond acceptors (Lipinski definition) is 3. The highest BCUT2D eigenvalue weighted by Gasteiger charge is 2.19. The Bertz CT molecular complexity index is 474. The maximum atomic E-state index is 5.52. The molecular formula is C14H15NOS. The predicted molar refractivity (Wildman–Crippen MR) is 70.3 cm³/mol. The van der Waals surface area contributed by atoms with E-state index in [1.54, 1.807) is 11.3 Å². The summed E-state index contributed by atoms with van der Waals surface area (Å²) in [4.78, 5) is 4.74. The summed E-state index contributed by atoms with van der Waals surface area (Å²) in [7, 11) is 0. The molecule has 1 aliphatic rings. The number of ether oxygens (including phenoxy) is 1. The van der Waals surface area contributed by atoms with Crippen molar-refractivity contribution in [2.45, 2.75) is 18.8 Å². The summed E-state index contributed by atoms with van der Waals surface area (Å²) in [6.45, 7) is 1.75. The van der Waals surface area contributed by atoms with Gasteiger partial charge in [-0.25, -0.2) is 4.98 Å². The summed E-state index contributed by atoms with van der Waals surface area (Å²) in [5, 5.41) is 3.38. The van der Waals surface area contributed by atoms with Crippen molar-refractivity contribution in [3.05, 3.63) is 40.7 Å². The van der Waals surface area contributed by atoms with E-state index in [1.165, 1.54) is 17.0 Å². The Morgan fingerprint density at radius 1 is 1.24 bits per heavy atom. The zero-order chi connectivity index (χ0) is 11.5. The number of nitrogens with zero attached hydrogens (tertiary/aromatic N) is 1. The summed E-state index contributed by atoms with van der Waals surface area (Å²) in [5.41, 5.74) is 2.29. The molecule has 1 fully saturated rings. The molecule has 88 valence electrons. The molecule has 0 amide bonds. The highest BCUT2D eigenvalue weighted by molar-refractivity contribution is 7.10. The number of aromatic nitrogens is 1. The van der Waals surface area contributed by atoms with Crippen LogP contribution in [0.1, 0.15) is 23.8 Å². The molecule has 17 heavy (non-hydrogen) atoms. The Morgan fingerprint density at radius 3 is 2.88 bits per heavy atom. The number of hydrogen-bond donors (Lipinski definition) is 0. The van der Waals surface area contributed by atoms with Gasteiger partial charge in [-0.3, -0.25) is 0 Å². The van der Waals surface area contributed by atoms with Gasteiger partial charge in [0.1, 0.15) is 0 Å². The van der Waals surface area contributed by atoms with Crippen LogP contribution in [-0.4, -0.2) is 18.2 Å². The van der Waals surface area contributed by atoms with Crippen molar-refractivity contribution in [2.24, 2.45) is 0 Å². The van der Waals surface area contributed by atoms with Crippen LogP contribution >= 0.6 is 11.3 Å². The Hall–Kier alpha value is -1.19. The summed E-state index contributed by atoms with van der Waals surface area (Å²) in [6, 6.07) is 10.4. The molecule has 3 heteroatoms. The molecule has 0 N–H and O–H groups in total. The normalized spacial score (nSPS) is 20.4. The van der Waals surface area contributed by atoms with E-state index in [0.717, 1.165) is 25.3 Å². The van der Waals surface area contributed by atoms with Crippen molar-refractivity contribution < 1.29 is 4.74 Å². The third-order valence-electron chi connectivity index (χ3n) is 3.10. The van der Waals surface area contributed by atoms with Crippen LogP contribution in [0.2, 0.25) is 0 Å². The highest BCUT2D eigenvalue weighted by Crippen LogP contribution is 2.30. The molecule has 0 saturated carbocycles. The van der Waals surface area contributed by atoms with Gasteiger partial charge in [0.2, 0.25) is 0 Å². The molecule has 1 unspecified atom stereocenters. The van der Waals surface area contributed by atoms with Crippen LogP contribution in [0.4, 0.5) is 0 Å². The quantitative estimate of drug-likeness (QED) is 0.804. The van der Waals surface area contributed by atoms with Crippen LogP contribution in [0.5, 0.6) is 0 Å². The van der Waals surface area contributed by atoms with Crippen molar-refractivity contribution in [1.82, 2.24) is 4.98 Å². The van der Waals surface area contributed by atoms with Gasteiger partial charge in [0, 0.05) is 23.5 Å². The van der Waals surface area contributed by atoms with Crippen molar-refractivity contribution in [2.75, 3.05) is 13.2 Å². The van der Waals surface area contributed by atoms with Gasteiger partial charge in [-0.15, -0.1) is 11.3 Å². The van der Waals surface area contributed by atoms with Crippen LogP contribution in [-0.2, 0) is 4.74 Å². The molecule has 1 atom stereocenters. The Balaban J connectivity index is 1.83. The lowest BCUT2D eigenvalue weighted by molar-refractivity contribution is 0.0804. The Labute approximate surface area is 105 Å². The molecule has 0 bridgehead atoms. The predicted octanol–water partition coefficient (Wildman–Crippen LogP) is 3.70. The largest absolute Gasteiger partial charge is 0.381 e. The first-order valence-electron chi connectivity index (χ1n) is 6.02. The van der Waals surface area contributed by atoms with E-state index in [0.29, 0.717) is 5.92 Å². The zero-order valence-corrected chi connectivity index (χ0v) is 10.5. The third kappa shape index (κ3) is 2.40. The number of benzene rings is 1. The van der Waals surface area contributed by atoms with Crippen molar-refractivity contribution >= 4 is 11.3 Å². The summed E-state index contributed by atoms with van der Waals surface area (Å²) >= 11 is 1.76. The van der Waals surface area contributed by atoms with Gasteiger partial charge in [0.25, 0.3) is 0 Å². The van der Waals surface area contributed by atoms with E-state index in [9.17, 15) is 0 Å². The minimum atomic E-state index is 0.506. The van der Waals surface area contributed by atoms with Gasteiger partial charge in [-0.2, -0.15) is 0 Å². The first kappa shape index (κ1) is 10.9. The molecule has 2 heterocycles. The maximum absolute atomic E-state index is 5.52. The van der Waals surface area contributed by atoms with E-state index < -0.39 is 0 Å². The second-order valence-corrected chi connectivity index (χ2v) is 5.24. The first-order chi connectivity index (χ1) is 8.43. The smallest absolute Gasteiger partial charge is 0.0986 e. The molecule has 2 nitrogen and oxygen atoms in total. The standard InChI is InChI=1S/C14H15NOS/c1-2-5-11(6-3-1)13-10-17-14(15-13)12-7-4-8-16-9-12/h1-3,5-6,10,12H,4,7-9H2. The van der Waals surface area contributed by atoms with Crippen LogP contribution < -0.4 is 0 Å². The minimum Gasteiger partial charge on any atom is -0.381 e. The summed E-state index contributed by atoms with van der Waals surface area (Å²) < 4.78 is 5.52. The molecule has 0 radical (unpaired) electrons. The third-order valence-corrected chi connectivity index (χ3v) is 4.11. The molecule has 2 aromatic rings. The van der Waals surface area contributed by atoms with E-state index in [-0.39, 0.29) is 0 Å². The van der Waals surface area contributed by atoms with Crippen LogP contribution in [0.3, 0.4) is 0 Å². The Kier molecular flexibility index (Phi) is 3.20. The SMILES string of the molecule is c1ccc(-c2csc(C3CCCOC3)n2)cc1. The average molecular weight is 245 g/mol. The zero-order valence-electron chi connectivity index (χ0n) is 9.63. The fourth-order valence-electron chi connectivity index (χ4n) is 2.15. The van der Waals surface area contributed by atoms with Gasteiger partial charge >= 0.3 is 0 Å². The van der Waals surface area contributed by atoms with Crippen LogP contribution in [0.25, 0.3) is 11.3 Å². The molecule has 0 spiro atoms. The fourth-order valence-corrected chi connectivity index (χ4v) is 3.10. The van der Waals surface area contributed by atoms with Crippen molar-refractivity contribution in [3.63, 3.8) is 0 Å². The summed E-state index contributed by atoms with van der Waals surface area (Å²) in [6.07, 6.45) is 2.37. The maximum Gasteiger partial charge on any atom is 0.0986 e. The number of thiazole rings is 1. The van der Waals surface area contributed by atoms with Gasteiger partial charge in [0.15, 0.2) is 0 Å². The van der Waals surface area contributed by atoms with Crippen LogP contribution in [0, 0.1) is 0 Å². The lowest BCUT2D eigenvalue weighted by atomic mass is 10.0. The van der Waals surface area contributed by atoms with Crippen LogP contribution in [0.15, 0.2) is 35.7 Å². The second-order valence-electron chi connectivity index (χ2n) is 4.35. The van der Waals surface area contributed by atoms with Crippen molar-refractivity contribution in [3.8, 4) is 11.3 Å². The number of rotatable bonds is 2. The topological polar surface area (TPSA) is 22.1 Å². The van der Waals surface area contributed by atoms with E-state index in [1.807, 2.05) is 6.07 Å². The van der Waals surface area contributed by atoms with Gasteiger partial charge in [0.05, 0.1) is 17.3 Å². The minimum absolute atomic E-state index is 0.506. The molecule has 1 aromatic carbocycles. The lowest BCUT2D eigenvalue weighted by Gasteiger charge is -2.19. The molecule has 1 aromatic heterocycles. The van der Waals surface area contributed by atoms with Gasteiger partial charge < -0.3 is 4.74 Å². The molecule has 1 aliphatic heterocycles. The van der Waals surface area contributed by atoms with Crippen molar-refractivity contribution in [1.29, 1.82) is 0 Å². The average Bonchev–Trinajstić information content (AvgIpc) is 2.90. The highest BCUT2D eigenvalue weighted by atomic mass is 32.1. The Morgan fingerprint density at radius 2 is 2.12 bits per heavy atom.